The molecule has 1 saturated heterocycles. The van der Waals surface area contributed by atoms with E-state index >= 15 is 0 Å². The Bertz CT molecular complexity index is 706. The molecule has 2 aliphatic carbocycles. The minimum Gasteiger partial charge on any atom is -0.377 e. The molecule has 1 aliphatic heterocycles. The smallest absolute Gasteiger partial charge is 0.243 e. The van der Waals surface area contributed by atoms with E-state index < -0.39 is 5.41 Å². The monoisotopic (exact) mass is 355 g/mol. The summed E-state index contributed by atoms with van der Waals surface area (Å²) in [5, 5.41) is 13.1. The minimum absolute atomic E-state index is 0.0771. The number of carbonyl (C=O) groups excluding carboxylic acids is 1. The van der Waals surface area contributed by atoms with E-state index in [1.807, 2.05) is 6.07 Å². The summed E-state index contributed by atoms with van der Waals surface area (Å²) in [7, 11) is 0. The SMILES string of the molecule is N#CC1(C(=O)N2CCOCC2c2nccc(NC3CCC3)n2)CCCC1. The summed E-state index contributed by atoms with van der Waals surface area (Å²) < 4.78 is 5.62. The van der Waals surface area contributed by atoms with Crippen LogP contribution in [0.5, 0.6) is 0 Å². The molecule has 0 spiro atoms. The Hall–Kier alpha value is -2.20. The van der Waals surface area contributed by atoms with Crippen molar-refractivity contribution in [3.8, 4) is 6.07 Å². The second kappa shape index (κ2) is 7.20. The molecule has 0 aromatic carbocycles. The first-order chi connectivity index (χ1) is 12.7. The van der Waals surface area contributed by atoms with E-state index in [4.69, 9.17) is 4.74 Å². The molecule has 1 atom stereocenters. The summed E-state index contributed by atoms with van der Waals surface area (Å²) in [4.78, 5) is 24.1. The van der Waals surface area contributed by atoms with Gasteiger partial charge in [0.15, 0.2) is 5.82 Å². The van der Waals surface area contributed by atoms with Crippen LogP contribution in [-0.4, -0.2) is 46.6 Å². The molecule has 3 aliphatic rings. The van der Waals surface area contributed by atoms with Crippen LogP contribution in [0.4, 0.5) is 5.82 Å². The van der Waals surface area contributed by atoms with Gasteiger partial charge in [-0.3, -0.25) is 4.79 Å². The molecule has 1 N–H and O–H groups in total. The van der Waals surface area contributed by atoms with Crippen molar-refractivity contribution in [3.05, 3.63) is 18.1 Å². The van der Waals surface area contributed by atoms with Gasteiger partial charge in [-0.25, -0.2) is 9.97 Å². The first-order valence-electron chi connectivity index (χ1n) is 9.61. The molecule has 2 saturated carbocycles. The zero-order chi connectivity index (χ0) is 18.0. The zero-order valence-corrected chi connectivity index (χ0v) is 15.0. The summed E-state index contributed by atoms with van der Waals surface area (Å²) >= 11 is 0. The maximum Gasteiger partial charge on any atom is 0.243 e. The molecular formula is C19H25N5O2. The lowest BCUT2D eigenvalue weighted by Crippen LogP contribution is -2.49. The molecule has 7 nitrogen and oxygen atoms in total. The molecule has 1 amide bonds. The van der Waals surface area contributed by atoms with Crippen LogP contribution < -0.4 is 5.32 Å². The fraction of sp³-hybridized carbons (Fsp3) is 0.684. The second-order valence-electron chi connectivity index (χ2n) is 7.56. The number of nitriles is 1. The molecule has 0 radical (unpaired) electrons. The van der Waals surface area contributed by atoms with Crippen LogP contribution >= 0.6 is 0 Å². The van der Waals surface area contributed by atoms with E-state index in [-0.39, 0.29) is 11.9 Å². The molecule has 7 heteroatoms. The Labute approximate surface area is 153 Å². The number of aromatic nitrogens is 2. The molecular weight excluding hydrogens is 330 g/mol. The number of amides is 1. The topological polar surface area (TPSA) is 91.1 Å². The summed E-state index contributed by atoms with van der Waals surface area (Å²) in [5.41, 5.74) is -0.878. The van der Waals surface area contributed by atoms with Crippen LogP contribution in [0, 0.1) is 16.7 Å². The Morgan fingerprint density at radius 3 is 2.85 bits per heavy atom. The third-order valence-corrected chi connectivity index (χ3v) is 5.90. The van der Waals surface area contributed by atoms with Crippen LogP contribution in [0.1, 0.15) is 56.8 Å². The van der Waals surface area contributed by atoms with Crippen molar-refractivity contribution >= 4 is 11.7 Å². The number of ether oxygens (including phenoxy) is 1. The molecule has 138 valence electrons. The van der Waals surface area contributed by atoms with Crippen molar-refractivity contribution in [2.75, 3.05) is 25.1 Å². The maximum atomic E-state index is 13.2. The summed E-state index contributed by atoms with van der Waals surface area (Å²) in [6, 6.07) is 4.34. The third kappa shape index (κ3) is 3.14. The van der Waals surface area contributed by atoms with Gasteiger partial charge in [-0.15, -0.1) is 0 Å². The highest BCUT2D eigenvalue weighted by Gasteiger charge is 2.46. The minimum atomic E-state index is -0.878. The van der Waals surface area contributed by atoms with Gasteiger partial charge in [-0.1, -0.05) is 12.8 Å². The van der Waals surface area contributed by atoms with E-state index in [0.29, 0.717) is 44.5 Å². The fourth-order valence-electron chi connectivity index (χ4n) is 4.06. The molecule has 1 aromatic heterocycles. The van der Waals surface area contributed by atoms with Gasteiger partial charge < -0.3 is 15.0 Å². The Morgan fingerprint density at radius 2 is 2.15 bits per heavy atom. The average molecular weight is 355 g/mol. The standard InChI is InChI=1S/C19H25N5O2/c20-13-19(7-1-2-8-19)18(25)24-10-11-26-12-15(24)17-21-9-6-16(23-17)22-14-4-3-5-14/h6,9,14-15H,1-5,7-8,10-12H2,(H,21,22,23). The number of hydrogen-bond donors (Lipinski definition) is 1. The summed E-state index contributed by atoms with van der Waals surface area (Å²) in [5.74, 6) is 1.31. The van der Waals surface area contributed by atoms with Crippen molar-refractivity contribution in [1.82, 2.24) is 14.9 Å². The molecule has 4 rings (SSSR count). The summed E-state index contributed by atoms with van der Waals surface area (Å²) in [6.45, 7) is 1.35. The van der Waals surface area contributed by atoms with E-state index in [1.165, 1.54) is 19.3 Å². The number of rotatable bonds is 4. The predicted molar refractivity (Wildman–Crippen MR) is 95.1 cm³/mol. The highest BCUT2D eigenvalue weighted by atomic mass is 16.5. The zero-order valence-electron chi connectivity index (χ0n) is 15.0. The predicted octanol–water partition coefficient (Wildman–Crippen LogP) is 2.42. The van der Waals surface area contributed by atoms with Crippen LogP contribution in [0.15, 0.2) is 12.3 Å². The number of hydrogen-bond acceptors (Lipinski definition) is 6. The lowest BCUT2D eigenvalue weighted by atomic mass is 9.85. The van der Waals surface area contributed by atoms with Gasteiger partial charge in [0.2, 0.25) is 5.91 Å². The quantitative estimate of drug-likeness (QED) is 0.892. The van der Waals surface area contributed by atoms with Crippen molar-refractivity contribution < 1.29 is 9.53 Å². The van der Waals surface area contributed by atoms with Gasteiger partial charge in [0.25, 0.3) is 0 Å². The van der Waals surface area contributed by atoms with Crippen molar-refractivity contribution in [3.63, 3.8) is 0 Å². The number of morpholine rings is 1. The van der Waals surface area contributed by atoms with Crippen LogP contribution in [0.2, 0.25) is 0 Å². The largest absolute Gasteiger partial charge is 0.377 e. The highest BCUT2D eigenvalue weighted by Crippen LogP contribution is 2.41. The number of anilines is 1. The second-order valence-corrected chi connectivity index (χ2v) is 7.56. The normalized spacial score (nSPS) is 25.3. The van der Waals surface area contributed by atoms with E-state index in [9.17, 15) is 10.1 Å². The number of carbonyl (C=O) groups is 1. The lowest BCUT2D eigenvalue weighted by molar-refractivity contribution is -0.148. The van der Waals surface area contributed by atoms with Gasteiger partial charge in [0.1, 0.15) is 17.3 Å². The first-order valence-corrected chi connectivity index (χ1v) is 9.61. The Kier molecular flexibility index (Phi) is 4.77. The molecule has 1 unspecified atom stereocenters. The maximum absolute atomic E-state index is 13.2. The van der Waals surface area contributed by atoms with Gasteiger partial charge in [0, 0.05) is 18.8 Å². The Balaban J connectivity index is 1.56. The molecule has 3 fully saturated rings. The van der Waals surface area contributed by atoms with Gasteiger partial charge in [-0.05, 0) is 38.2 Å². The lowest BCUT2D eigenvalue weighted by Gasteiger charge is -2.38. The first kappa shape index (κ1) is 17.2. The molecule has 1 aromatic rings. The van der Waals surface area contributed by atoms with Gasteiger partial charge in [-0.2, -0.15) is 5.26 Å². The average Bonchev–Trinajstić information content (AvgIpc) is 3.15. The highest BCUT2D eigenvalue weighted by molar-refractivity contribution is 5.86. The van der Waals surface area contributed by atoms with Crippen molar-refractivity contribution in [2.24, 2.45) is 5.41 Å². The van der Waals surface area contributed by atoms with Crippen molar-refractivity contribution in [1.29, 1.82) is 5.26 Å². The number of nitrogens with one attached hydrogen (secondary N) is 1. The van der Waals surface area contributed by atoms with E-state index in [2.05, 4.69) is 21.4 Å². The van der Waals surface area contributed by atoms with Gasteiger partial charge in [0.05, 0.1) is 19.3 Å². The van der Waals surface area contributed by atoms with E-state index in [1.54, 1.807) is 11.1 Å². The molecule has 26 heavy (non-hydrogen) atoms. The van der Waals surface area contributed by atoms with Gasteiger partial charge >= 0.3 is 0 Å². The van der Waals surface area contributed by atoms with Crippen LogP contribution in [0.3, 0.4) is 0 Å². The molecule has 0 bridgehead atoms. The van der Waals surface area contributed by atoms with Crippen LogP contribution in [0.25, 0.3) is 0 Å². The van der Waals surface area contributed by atoms with Crippen LogP contribution in [-0.2, 0) is 9.53 Å². The van der Waals surface area contributed by atoms with E-state index in [0.717, 1.165) is 18.7 Å². The molecule has 2 heterocycles. The fourth-order valence-corrected chi connectivity index (χ4v) is 4.06. The Morgan fingerprint density at radius 1 is 1.35 bits per heavy atom. The van der Waals surface area contributed by atoms with Crippen molar-refractivity contribution in [2.45, 2.75) is 57.0 Å². The third-order valence-electron chi connectivity index (χ3n) is 5.90. The summed E-state index contributed by atoms with van der Waals surface area (Å²) in [6.07, 6.45) is 8.49. The number of nitrogens with zero attached hydrogens (tertiary/aromatic N) is 4.